The molecule has 0 saturated heterocycles. The highest BCUT2D eigenvalue weighted by Crippen LogP contribution is 2.35. The average Bonchev–Trinajstić information content (AvgIpc) is 2.32. The molecule has 2 rings (SSSR count). The number of carbonyl (C=O) groups is 1. The number of carboxylic acids is 1. The molecule has 0 aromatic heterocycles. The summed E-state index contributed by atoms with van der Waals surface area (Å²) in [5, 5.41) is 18.7. The number of rotatable bonds is 3. The van der Waals surface area contributed by atoms with Crippen LogP contribution in [0.1, 0.15) is 10.4 Å². The van der Waals surface area contributed by atoms with E-state index in [9.17, 15) is 9.90 Å². The molecule has 0 fully saturated rings. The summed E-state index contributed by atoms with van der Waals surface area (Å²) < 4.78 is 0. The Morgan fingerprint density at radius 2 is 1.53 bits per heavy atom. The third-order valence-corrected chi connectivity index (χ3v) is 3.34. The molecular formula is C13H10O3S. The first-order valence-electron chi connectivity index (χ1n) is 4.96. The lowest BCUT2D eigenvalue weighted by Crippen LogP contribution is -1.97. The summed E-state index contributed by atoms with van der Waals surface area (Å²) in [5.41, 5.74) is 0.237. The minimum absolute atomic E-state index is 0.151. The van der Waals surface area contributed by atoms with Crippen molar-refractivity contribution >= 4 is 17.7 Å². The van der Waals surface area contributed by atoms with Crippen LogP contribution in [0.15, 0.2) is 58.3 Å². The quantitative estimate of drug-likeness (QED) is 0.872. The van der Waals surface area contributed by atoms with Gasteiger partial charge in [-0.05, 0) is 24.3 Å². The molecule has 0 heterocycles. The first-order chi connectivity index (χ1) is 8.18. The Labute approximate surface area is 103 Å². The van der Waals surface area contributed by atoms with Crippen molar-refractivity contribution in [2.45, 2.75) is 9.79 Å². The monoisotopic (exact) mass is 246 g/mol. The lowest BCUT2D eigenvalue weighted by molar-refractivity contribution is 0.0693. The van der Waals surface area contributed by atoms with Crippen molar-refractivity contribution in [3.8, 4) is 5.75 Å². The second-order valence-corrected chi connectivity index (χ2v) is 4.45. The van der Waals surface area contributed by atoms with Gasteiger partial charge >= 0.3 is 5.97 Å². The summed E-state index contributed by atoms with van der Waals surface area (Å²) in [6.07, 6.45) is 0. The van der Waals surface area contributed by atoms with Crippen molar-refractivity contribution in [1.82, 2.24) is 0 Å². The van der Waals surface area contributed by atoms with Gasteiger partial charge in [0.15, 0.2) is 0 Å². The average molecular weight is 246 g/mol. The van der Waals surface area contributed by atoms with Crippen LogP contribution in [-0.4, -0.2) is 16.2 Å². The third kappa shape index (κ3) is 2.60. The Morgan fingerprint density at radius 3 is 2.18 bits per heavy atom. The zero-order chi connectivity index (χ0) is 12.3. The molecule has 0 saturated carbocycles. The van der Waals surface area contributed by atoms with Crippen LogP contribution in [0, 0.1) is 0 Å². The SMILES string of the molecule is O=C(O)c1ccccc1Sc1ccccc1O. The molecular weight excluding hydrogens is 236 g/mol. The molecule has 0 spiro atoms. The lowest BCUT2D eigenvalue weighted by Gasteiger charge is -2.06. The van der Waals surface area contributed by atoms with Gasteiger partial charge < -0.3 is 10.2 Å². The zero-order valence-electron chi connectivity index (χ0n) is 8.83. The van der Waals surface area contributed by atoms with E-state index in [1.165, 1.54) is 11.8 Å². The summed E-state index contributed by atoms with van der Waals surface area (Å²) in [4.78, 5) is 12.3. The number of benzene rings is 2. The van der Waals surface area contributed by atoms with Gasteiger partial charge in [-0.15, -0.1) is 0 Å². The molecule has 86 valence electrons. The minimum atomic E-state index is -0.969. The molecule has 3 nitrogen and oxygen atoms in total. The number of phenols is 1. The number of phenolic OH excluding ortho intramolecular Hbond substituents is 1. The number of carboxylic acid groups (broad SMARTS) is 1. The van der Waals surface area contributed by atoms with E-state index in [1.807, 2.05) is 0 Å². The van der Waals surface area contributed by atoms with E-state index < -0.39 is 5.97 Å². The highest BCUT2D eigenvalue weighted by Gasteiger charge is 2.11. The van der Waals surface area contributed by atoms with Gasteiger partial charge in [0.05, 0.1) is 10.5 Å². The molecule has 4 heteroatoms. The van der Waals surface area contributed by atoms with Gasteiger partial charge in [0, 0.05) is 4.90 Å². The fourth-order valence-electron chi connectivity index (χ4n) is 1.39. The standard InChI is InChI=1S/C13H10O3S/c14-10-6-2-4-8-12(10)17-11-7-3-1-5-9(11)13(15)16/h1-8,14H,(H,15,16). The third-order valence-electron chi connectivity index (χ3n) is 2.20. The molecule has 2 aromatic rings. The Bertz CT molecular complexity index is 552. The highest BCUT2D eigenvalue weighted by atomic mass is 32.2. The molecule has 0 aliphatic heterocycles. The van der Waals surface area contributed by atoms with Crippen LogP contribution in [-0.2, 0) is 0 Å². The highest BCUT2D eigenvalue weighted by molar-refractivity contribution is 7.99. The Hall–Kier alpha value is -1.94. The summed E-state index contributed by atoms with van der Waals surface area (Å²) in [6.45, 7) is 0. The van der Waals surface area contributed by atoms with Crippen molar-refractivity contribution in [2.75, 3.05) is 0 Å². The maximum Gasteiger partial charge on any atom is 0.336 e. The maximum atomic E-state index is 11.0. The smallest absolute Gasteiger partial charge is 0.336 e. The Balaban J connectivity index is 2.37. The Kier molecular flexibility index (Phi) is 3.35. The van der Waals surface area contributed by atoms with E-state index in [1.54, 1.807) is 48.5 Å². The zero-order valence-corrected chi connectivity index (χ0v) is 9.65. The number of aromatic carboxylic acids is 1. The van der Waals surface area contributed by atoms with Crippen LogP contribution < -0.4 is 0 Å². The van der Waals surface area contributed by atoms with Gasteiger partial charge in [0.2, 0.25) is 0 Å². The van der Waals surface area contributed by atoms with E-state index in [4.69, 9.17) is 5.11 Å². The van der Waals surface area contributed by atoms with Crippen LogP contribution in [0.4, 0.5) is 0 Å². The van der Waals surface area contributed by atoms with Gasteiger partial charge in [-0.2, -0.15) is 0 Å². The normalized spacial score (nSPS) is 10.1. The van der Waals surface area contributed by atoms with Crippen LogP contribution in [0.2, 0.25) is 0 Å². The van der Waals surface area contributed by atoms with E-state index in [-0.39, 0.29) is 11.3 Å². The second kappa shape index (κ2) is 4.93. The van der Waals surface area contributed by atoms with E-state index in [0.29, 0.717) is 9.79 Å². The second-order valence-electron chi connectivity index (χ2n) is 3.37. The predicted molar refractivity (Wildman–Crippen MR) is 65.6 cm³/mol. The first kappa shape index (κ1) is 11.5. The minimum Gasteiger partial charge on any atom is -0.507 e. The van der Waals surface area contributed by atoms with Crippen LogP contribution in [0.25, 0.3) is 0 Å². The van der Waals surface area contributed by atoms with Gasteiger partial charge in [0.25, 0.3) is 0 Å². The number of para-hydroxylation sites is 1. The van der Waals surface area contributed by atoms with Crippen molar-refractivity contribution < 1.29 is 15.0 Å². The summed E-state index contributed by atoms with van der Waals surface area (Å²) >= 11 is 1.24. The largest absolute Gasteiger partial charge is 0.507 e. The van der Waals surface area contributed by atoms with E-state index in [0.717, 1.165) is 0 Å². The summed E-state index contributed by atoms with van der Waals surface area (Å²) in [5.74, 6) is -0.818. The summed E-state index contributed by atoms with van der Waals surface area (Å²) in [6, 6.07) is 13.6. The molecule has 0 radical (unpaired) electrons. The fourth-order valence-corrected chi connectivity index (χ4v) is 2.36. The lowest BCUT2D eigenvalue weighted by atomic mass is 10.2. The number of hydrogen-bond acceptors (Lipinski definition) is 3. The number of aromatic hydroxyl groups is 1. The molecule has 0 unspecified atom stereocenters. The molecule has 0 atom stereocenters. The van der Waals surface area contributed by atoms with Crippen molar-refractivity contribution in [1.29, 1.82) is 0 Å². The van der Waals surface area contributed by atoms with Gasteiger partial charge in [0.1, 0.15) is 5.75 Å². The van der Waals surface area contributed by atoms with Crippen LogP contribution in [0.3, 0.4) is 0 Å². The van der Waals surface area contributed by atoms with E-state index >= 15 is 0 Å². The van der Waals surface area contributed by atoms with Gasteiger partial charge in [-0.3, -0.25) is 0 Å². The van der Waals surface area contributed by atoms with Crippen LogP contribution in [0.5, 0.6) is 5.75 Å². The van der Waals surface area contributed by atoms with Crippen molar-refractivity contribution in [3.05, 3.63) is 54.1 Å². The molecule has 2 aromatic carbocycles. The van der Waals surface area contributed by atoms with Gasteiger partial charge in [-0.1, -0.05) is 36.0 Å². The molecule has 0 aliphatic rings. The first-order valence-corrected chi connectivity index (χ1v) is 5.78. The van der Waals surface area contributed by atoms with E-state index in [2.05, 4.69) is 0 Å². The topological polar surface area (TPSA) is 57.5 Å². The van der Waals surface area contributed by atoms with Crippen molar-refractivity contribution in [2.24, 2.45) is 0 Å². The fraction of sp³-hybridized carbons (Fsp3) is 0. The Morgan fingerprint density at radius 1 is 0.941 bits per heavy atom. The molecule has 17 heavy (non-hydrogen) atoms. The van der Waals surface area contributed by atoms with Crippen LogP contribution >= 0.6 is 11.8 Å². The molecule has 0 bridgehead atoms. The molecule has 0 amide bonds. The summed E-state index contributed by atoms with van der Waals surface area (Å²) in [7, 11) is 0. The molecule has 2 N–H and O–H groups in total. The van der Waals surface area contributed by atoms with Gasteiger partial charge in [-0.25, -0.2) is 4.79 Å². The number of hydrogen-bond donors (Lipinski definition) is 2. The predicted octanol–water partition coefficient (Wildman–Crippen LogP) is 3.24. The van der Waals surface area contributed by atoms with Crippen molar-refractivity contribution in [3.63, 3.8) is 0 Å². The molecule has 0 aliphatic carbocycles. The maximum absolute atomic E-state index is 11.0.